The third-order valence-corrected chi connectivity index (χ3v) is 9.97. The number of hydrogen-bond acceptors (Lipinski definition) is 6. The van der Waals surface area contributed by atoms with Crippen molar-refractivity contribution in [2.75, 3.05) is 32.8 Å². The minimum atomic E-state index is -0.122. The normalized spacial score (nSPS) is 11.6. The van der Waals surface area contributed by atoms with Gasteiger partial charge in [0.15, 0.2) is 0 Å². The fourth-order valence-electron chi connectivity index (χ4n) is 6.70. The van der Waals surface area contributed by atoms with Gasteiger partial charge in [-0.1, -0.05) is 168 Å². The molecular weight excluding hydrogens is 610 g/mol. The van der Waals surface area contributed by atoms with Crippen LogP contribution in [0, 0.1) is 0 Å². The van der Waals surface area contributed by atoms with E-state index in [-0.39, 0.29) is 24.6 Å². The fraction of sp³-hybridized carbons (Fsp3) is 0.953. The zero-order chi connectivity index (χ0) is 35.9. The second kappa shape index (κ2) is 39.6. The number of nitrogens with zero attached hydrogens (tertiary/aromatic N) is 1. The number of esters is 2. The summed E-state index contributed by atoms with van der Waals surface area (Å²) in [6.07, 6.45) is 37.7. The van der Waals surface area contributed by atoms with Crippen LogP contribution < -0.4 is 0 Å². The van der Waals surface area contributed by atoms with Gasteiger partial charge in [-0.25, -0.2) is 0 Å². The lowest BCUT2D eigenvalue weighted by molar-refractivity contribution is -0.150. The smallest absolute Gasteiger partial charge is 0.307 e. The quantitative estimate of drug-likeness (QED) is 0.0508. The molecule has 1 N–H and O–H groups in total. The highest BCUT2D eigenvalue weighted by Crippen LogP contribution is 2.18. The van der Waals surface area contributed by atoms with Crippen molar-refractivity contribution < 1.29 is 24.2 Å². The minimum Gasteiger partial charge on any atom is -0.466 e. The van der Waals surface area contributed by atoms with Gasteiger partial charge in [0.2, 0.25) is 0 Å². The third-order valence-electron chi connectivity index (χ3n) is 9.97. The third kappa shape index (κ3) is 36.5. The van der Waals surface area contributed by atoms with E-state index in [9.17, 15) is 14.7 Å². The molecule has 0 aromatic heterocycles. The molecule has 0 unspecified atom stereocenters. The summed E-state index contributed by atoms with van der Waals surface area (Å²) < 4.78 is 11.5. The molecule has 6 heteroatoms. The summed E-state index contributed by atoms with van der Waals surface area (Å²) in [4.78, 5) is 27.1. The number of unbranched alkanes of at least 4 members (excludes halogenated alkanes) is 24. The molecule has 0 rings (SSSR count). The Morgan fingerprint density at radius 3 is 1.39 bits per heavy atom. The Hall–Kier alpha value is -1.14. The average Bonchev–Trinajstić information content (AvgIpc) is 3.09. The van der Waals surface area contributed by atoms with Crippen LogP contribution in [0.1, 0.15) is 226 Å². The van der Waals surface area contributed by atoms with Gasteiger partial charge in [-0.15, -0.1) is 0 Å². The standard InChI is InChI=1S/C43H85NO5/c1-4-7-10-13-16-17-18-19-20-26-31-40-48-42(46)35-37-44(38-39-45)36-30-25-21-24-29-34-43(47)49-41(32-27-22-14-11-8-5-2)33-28-23-15-12-9-6-3/h41,45H,4-40H2,1-3H3. The second-order valence-corrected chi connectivity index (χ2v) is 14.8. The van der Waals surface area contributed by atoms with Crippen LogP contribution in [-0.2, 0) is 19.1 Å². The largest absolute Gasteiger partial charge is 0.466 e. The summed E-state index contributed by atoms with van der Waals surface area (Å²) in [6.45, 7) is 9.53. The molecule has 0 amide bonds. The maximum absolute atomic E-state index is 12.7. The van der Waals surface area contributed by atoms with Gasteiger partial charge in [-0.3, -0.25) is 9.59 Å². The Labute approximate surface area is 305 Å². The van der Waals surface area contributed by atoms with Crippen molar-refractivity contribution in [3.05, 3.63) is 0 Å². The molecule has 0 aromatic rings. The molecule has 0 saturated heterocycles. The Kier molecular flexibility index (Phi) is 38.7. The van der Waals surface area contributed by atoms with Gasteiger partial charge in [0, 0.05) is 19.5 Å². The van der Waals surface area contributed by atoms with E-state index >= 15 is 0 Å². The number of carbonyl (C=O) groups excluding carboxylic acids is 2. The van der Waals surface area contributed by atoms with Crippen LogP contribution in [-0.4, -0.2) is 60.9 Å². The molecular formula is C43H85NO5. The first kappa shape index (κ1) is 47.9. The molecule has 0 atom stereocenters. The van der Waals surface area contributed by atoms with E-state index in [1.54, 1.807) is 0 Å². The van der Waals surface area contributed by atoms with Crippen LogP contribution in [0.3, 0.4) is 0 Å². The van der Waals surface area contributed by atoms with Crippen LogP contribution in [0.15, 0.2) is 0 Å². The van der Waals surface area contributed by atoms with Crippen molar-refractivity contribution in [2.24, 2.45) is 0 Å². The summed E-state index contributed by atoms with van der Waals surface area (Å²) in [6, 6.07) is 0. The van der Waals surface area contributed by atoms with Crippen molar-refractivity contribution in [3.8, 4) is 0 Å². The number of ether oxygens (including phenoxy) is 2. The van der Waals surface area contributed by atoms with Crippen molar-refractivity contribution in [1.82, 2.24) is 4.90 Å². The van der Waals surface area contributed by atoms with E-state index in [1.165, 1.54) is 135 Å². The van der Waals surface area contributed by atoms with Crippen LogP contribution in [0.2, 0.25) is 0 Å². The molecule has 0 radical (unpaired) electrons. The Morgan fingerprint density at radius 1 is 0.469 bits per heavy atom. The molecule has 49 heavy (non-hydrogen) atoms. The van der Waals surface area contributed by atoms with Crippen LogP contribution in [0.4, 0.5) is 0 Å². The Bertz CT molecular complexity index is 671. The van der Waals surface area contributed by atoms with Gasteiger partial charge in [0.05, 0.1) is 19.6 Å². The lowest BCUT2D eigenvalue weighted by Crippen LogP contribution is -2.30. The summed E-state index contributed by atoms with van der Waals surface area (Å²) in [5.41, 5.74) is 0. The van der Waals surface area contributed by atoms with Crippen molar-refractivity contribution in [1.29, 1.82) is 0 Å². The van der Waals surface area contributed by atoms with Crippen LogP contribution >= 0.6 is 0 Å². The van der Waals surface area contributed by atoms with Gasteiger partial charge < -0.3 is 19.5 Å². The van der Waals surface area contributed by atoms with E-state index in [2.05, 4.69) is 25.7 Å². The maximum atomic E-state index is 12.7. The van der Waals surface area contributed by atoms with Gasteiger partial charge in [0.25, 0.3) is 0 Å². The van der Waals surface area contributed by atoms with Crippen LogP contribution in [0.5, 0.6) is 0 Å². The fourth-order valence-corrected chi connectivity index (χ4v) is 6.70. The first-order chi connectivity index (χ1) is 24.1. The second-order valence-electron chi connectivity index (χ2n) is 14.8. The molecule has 0 aliphatic heterocycles. The SMILES string of the molecule is CCCCCCCCCCCCCOC(=O)CCN(CCO)CCCCCCCC(=O)OC(CCCCCCCC)CCCCCCCC. The van der Waals surface area contributed by atoms with Crippen LogP contribution in [0.25, 0.3) is 0 Å². The molecule has 0 heterocycles. The first-order valence-corrected chi connectivity index (χ1v) is 21.8. The molecule has 0 bridgehead atoms. The highest BCUT2D eigenvalue weighted by molar-refractivity contribution is 5.69. The van der Waals surface area contributed by atoms with E-state index < -0.39 is 0 Å². The van der Waals surface area contributed by atoms with Gasteiger partial charge in [0.1, 0.15) is 6.10 Å². The highest BCUT2D eigenvalue weighted by atomic mass is 16.5. The van der Waals surface area contributed by atoms with Crippen molar-refractivity contribution >= 4 is 11.9 Å². The zero-order valence-electron chi connectivity index (χ0n) is 33.3. The molecule has 292 valence electrons. The lowest BCUT2D eigenvalue weighted by atomic mass is 10.0. The number of hydrogen-bond donors (Lipinski definition) is 1. The molecule has 0 aromatic carbocycles. The Morgan fingerprint density at radius 2 is 0.898 bits per heavy atom. The predicted molar refractivity (Wildman–Crippen MR) is 209 cm³/mol. The molecule has 6 nitrogen and oxygen atoms in total. The van der Waals surface area contributed by atoms with Gasteiger partial charge in [-0.2, -0.15) is 0 Å². The van der Waals surface area contributed by atoms with Gasteiger partial charge in [-0.05, 0) is 51.5 Å². The van der Waals surface area contributed by atoms with Crippen molar-refractivity contribution in [3.63, 3.8) is 0 Å². The summed E-state index contributed by atoms with van der Waals surface area (Å²) in [7, 11) is 0. The molecule has 0 saturated carbocycles. The van der Waals surface area contributed by atoms with E-state index in [1.807, 2.05) is 0 Å². The number of carbonyl (C=O) groups is 2. The van der Waals surface area contributed by atoms with Gasteiger partial charge >= 0.3 is 11.9 Å². The molecule has 0 spiro atoms. The average molecular weight is 696 g/mol. The summed E-state index contributed by atoms with van der Waals surface area (Å²) in [5, 5.41) is 9.50. The number of rotatable bonds is 40. The van der Waals surface area contributed by atoms with E-state index in [0.717, 1.165) is 64.3 Å². The molecule has 0 fully saturated rings. The Balaban J connectivity index is 4.00. The predicted octanol–water partition coefficient (Wildman–Crippen LogP) is 12.3. The summed E-state index contributed by atoms with van der Waals surface area (Å²) in [5.74, 6) is -0.130. The minimum absolute atomic E-state index is 0.00790. The molecule has 0 aliphatic rings. The monoisotopic (exact) mass is 696 g/mol. The van der Waals surface area contributed by atoms with E-state index in [4.69, 9.17) is 9.47 Å². The topological polar surface area (TPSA) is 76.1 Å². The first-order valence-electron chi connectivity index (χ1n) is 21.8. The number of aliphatic hydroxyl groups excluding tert-OH is 1. The number of aliphatic hydroxyl groups is 1. The lowest BCUT2D eigenvalue weighted by Gasteiger charge is -2.20. The highest BCUT2D eigenvalue weighted by Gasteiger charge is 2.14. The summed E-state index contributed by atoms with van der Waals surface area (Å²) >= 11 is 0. The zero-order valence-corrected chi connectivity index (χ0v) is 33.3. The maximum Gasteiger partial charge on any atom is 0.307 e. The van der Waals surface area contributed by atoms with E-state index in [0.29, 0.717) is 32.5 Å². The van der Waals surface area contributed by atoms with Crippen molar-refractivity contribution in [2.45, 2.75) is 232 Å². The molecule has 0 aliphatic carbocycles.